The van der Waals surface area contributed by atoms with Gasteiger partial charge in [-0.3, -0.25) is 0 Å². The Morgan fingerprint density at radius 1 is 1.29 bits per heavy atom. The first-order valence-electron chi connectivity index (χ1n) is 6.75. The smallest absolute Gasteiger partial charge is 0.143 e. The Morgan fingerprint density at radius 2 is 2.05 bits per heavy atom. The fourth-order valence-corrected chi connectivity index (χ4v) is 3.34. The average molecular weight is 345 g/mol. The van der Waals surface area contributed by atoms with Gasteiger partial charge in [-0.25, -0.2) is 4.98 Å². The molecule has 3 nitrogen and oxygen atoms in total. The zero-order valence-corrected chi connectivity index (χ0v) is 14.6. The summed E-state index contributed by atoms with van der Waals surface area (Å²) in [7, 11) is 0. The van der Waals surface area contributed by atoms with E-state index in [9.17, 15) is 0 Å². The van der Waals surface area contributed by atoms with Gasteiger partial charge in [-0.15, -0.1) is 11.3 Å². The third-order valence-electron chi connectivity index (χ3n) is 3.06. The maximum absolute atomic E-state index is 6.26. The molecular formula is C15H18Cl2N2OS. The molecule has 0 radical (unpaired) electrons. The van der Waals surface area contributed by atoms with E-state index in [0.717, 1.165) is 22.8 Å². The van der Waals surface area contributed by atoms with Crippen LogP contribution >= 0.6 is 34.5 Å². The van der Waals surface area contributed by atoms with Crippen LogP contribution in [0.4, 0.5) is 0 Å². The predicted octanol–water partition coefficient (Wildman–Crippen LogP) is 4.76. The molecule has 2 rings (SSSR count). The molecule has 114 valence electrons. The standard InChI is InChI=1S/C15H18Cl2N2OS/c1-4-18-7-11-5-12(16)6-13(17)15(11)20-8-14-19-9(2)10(3)21-14/h5-6,18H,4,7-8H2,1-3H3. The molecule has 0 atom stereocenters. The molecule has 6 heteroatoms. The SMILES string of the molecule is CCNCc1cc(Cl)cc(Cl)c1OCc1nc(C)c(C)s1. The van der Waals surface area contributed by atoms with E-state index < -0.39 is 0 Å². The van der Waals surface area contributed by atoms with Crippen LogP contribution in [0.5, 0.6) is 5.75 Å². The quantitative estimate of drug-likeness (QED) is 0.820. The highest BCUT2D eigenvalue weighted by atomic mass is 35.5. The fourth-order valence-electron chi connectivity index (χ4n) is 1.90. The fraction of sp³-hybridized carbons (Fsp3) is 0.400. The summed E-state index contributed by atoms with van der Waals surface area (Å²) in [6.45, 7) is 8.06. The lowest BCUT2D eigenvalue weighted by Crippen LogP contribution is -2.13. The van der Waals surface area contributed by atoms with Crippen LogP contribution < -0.4 is 10.1 Å². The molecule has 0 aliphatic rings. The summed E-state index contributed by atoms with van der Waals surface area (Å²) in [6.07, 6.45) is 0. The van der Waals surface area contributed by atoms with Crippen LogP contribution in [-0.4, -0.2) is 11.5 Å². The molecule has 0 saturated heterocycles. The van der Waals surface area contributed by atoms with Crippen LogP contribution in [0.2, 0.25) is 10.0 Å². The number of nitrogens with zero attached hydrogens (tertiary/aromatic N) is 1. The summed E-state index contributed by atoms with van der Waals surface area (Å²) in [4.78, 5) is 5.68. The molecule has 0 unspecified atom stereocenters. The number of benzene rings is 1. The van der Waals surface area contributed by atoms with Gasteiger partial charge < -0.3 is 10.1 Å². The van der Waals surface area contributed by atoms with Crippen molar-refractivity contribution in [2.24, 2.45) is 0 Å². The number of hydrogen-bond acceptors (Lipinski definition) is 4. The van der Waals surface area contributed by atoms with Crippen molar-refractivity contribution in [3.8, 4) is 5.75 Å². The molecule has 0 spiro atoms. The number of hydrogen-bond donors (Lipinski definition) is 1. The Hall–Kier alpha value is -0.810. The summed E-state index contributed by atoms with van der Waals surface area (Å²) in [5.74, 6) is 0.674. The van der Waals surface area contributed by atoms with Crippen LogP contribution in [0.1, 0.15) is 28.1 Å². The Labute approximate surface area is 139 Å². The summed E-state index contributed by atoms with van der Waals surface area (Å²) in [5.41, 5.74) is 2.01. The van der Waals surface area contributed by atoms with Crippen LogP contribution in [0.25, 0.3) is 0 Å². The number of thiazole rings is 1. The van der Waals surface area contributed by atoms with Crippen LogP contribution in [0.3, 0.4) is 0 Å². The van der Waals surface area contributed by atoms with Gasteiger partial charge in [-0.1, -0.05) is 30.1 Å². The molecule has 0 aliphatic carbocycles. The number of nitrogens with one attached hydrogen (secondary N) is 1. The van der Waals surface area contributed by atoms with Gasteiger partial charge in [0, 0.05) is 22.0 Å². The topological polar surface area (TPSA) is 34.1 Å². The van der Waals surface area contributed by atoms with Gasteiger partial charge in [0.05, 0.1) is 10.7 Å². The van der Waals surface area contributed by atoms with E-state index in [1.807, 2.05) is 19.9 Å². The number of aryl methyl sites for hydroxylation is 2. The molecule has 1 N–H and O–H groups in total. The van der Waals surface area contributed by atoms with E-state index in [-0.39, 0.29) is 0 Å². The average Bonchev–Trinajstić information content (AvgIpc) is 2.74. The molecule has 0 amide bonds. The van der Waals surface area contributed by atoms with Crippen LogP contribution in [-0.2, 0) is 13.2 Å². The van der Waals surface area contributed by atoms with Gasteiger partial charge in [0.2, 0.25) is 0 Å². The molecule has 1 heterocycles. The number of aromatic nitrogens is 1. The zero-order valence-electron chi connectivity index (χ0n) is 12.3. The number of rotatable bonds is 6. The van der Waals surface area contributed by atoms with Crippen LogP contribution in [0.15, 0.2) is 12.1 Å². The Bertz CT molecular complexity index is 609. The molecule has 0 fully saturated rings. The monoisotopic (exact) mass is 344 g/mol. The van der Waals surface area contributed by atoms with Gasteiger partial charge in [-0.05, 0) is 32.5 Å². The highest BCUT2D eigenvalue weighted by molar-refractivity contribution is 7.11. The second kappa shape index (κ2) is 7.45. The van der Waals surface area contributed by atoms with Crippen molar-refractivity contribution < 1.29 is 4.74 Å². The first-order chi connectivity index (χ1) is 10.0. The summed E-state index contributed by atoms with van der Waals surface area (Å²) < 4.78 is 5.89. The maximum Gasteiger partial charge on any atom is 0.143 e. The molecule has 2 aromatic rings. The molecule has 0 bridgehead atoms. The van der Waals surface area contributed by atoms with Crippen molar-refractivity contribution in [1.29, 1.82) is 0 Å². The molecule has 21 heavy (non-hydrogen) atoms. The lowest BCUT2D eigenvalue weighted by atomic mass is 10.2. The first-order valence-corrected chi connectivity index (χ1v) is 8.32. The molecule has 0 aliphatic heterocycles. The highest BCUT2D eigenvalue weighted by Crippen LogP contribution is 2.33. The molecule has 1 aromatic carbocycles. The lowest BCUT2D eigenvalue weighted by Gasteiger charge is -2.13. The van der Waals surface area contributed by atoms with Gasteiger partial charge >= 0.3 is 0 Å². The van der Waals surface area contributed by atoms with Gasteiger partial charge in [0.1, 0.15) is 17.4 Å². The molecular weight excluding hydrogens is 327 g/mol. The maximum atomic E-state index is 6.26. The Balaban J connectivity index is 2.17. The summed E-state index contributed by atoms with van der Waals surface area (Å²) in [5, 5.41) is 5.35. The zero-order chi connectivity index (χ0) is 15.4. The van der Waals surface area contributed by atoms with Gasteiger partial charge in [0.15, 0.2) is 0 Å². The minimum Gasteiger partial charge on any atom is -0.485 e. The van der Waals surface area contributed by atoms with E-state index >= 15 is 0 Å². The second-order valence-electron chi connectivity index (χ2n) is 4.69. The van der Waals surface area contributed by atoms with Crippen molar-refractivity contribution in [3.63, 3.8) is 0 Å². The summed E-state index contributed by atoms with van der Waals surface area (Å²) >= 11 is 14.0. The first kappa shape index (κ1) is 16.6. The van der Waals surface area contributed by atoms with E-state index in [2.05, 4.69) is 17.2 Å². The number of ether oxygens (including phenoxy) is 1. The minimum absolute atomic E-state index is 0.416. The van der Waals surface area contributed by atoms with E-state index in [4.69, 9.17) is 27.9 Å². The van der Waals surface area contributed by atoms with E-state index in [0.29, 0.717) is 28.9 Å². The van der Waals surface area contributed by atoms with Crippen molar-refractivity contribution in [2.45, 2.75) is 33.9 Å². The van der Waals surface area contributed by atoms with Crippen molar-refractivity contribution in [2.75, 3.05) is 6.54 Å². The third kappa shape index (κ3) is 4.33. The normalized spacial score (nSPS) is 10.9. The van der Waals surface area contributed by atoms with E-state index in [1.165, 1.54) is 4.88 Å². The number of halogens is 2. The molecule has 1 aromatic heterocycles. The van der Waals surface area contributed by atoms with Gasteiger partial charge in [0.25, 0.3) is 0 Å². The van der Waals surface area contributed by atoms with Crippen molar-refractivity contribution in [1.82, 2.24) is 10.3 Å². The van der Waals surface area contributed by atoms with Crippen molar-refractivity contribution >= 4 is 34.5 Å². The summed E-state index contributed by atoms with van der Waals surface area (Å²) in [6, 6.07) is 3.58. The Kier molecular flexibility index (Phi) is 5.88. The lowest BCUT2D eigenvalue weighted by molar-refractivity contribution is 0.301. The Morgan fingerprint density at radius 3 is 2.67 bits per heavy atom. The van der Waals surface area contributed by atoms with E-state index in [1.54, 1.807) is 17.4 Å². The van der Waals surface area contributed by atoms with Gasteiger partial charge in [-0.2, -0.15) is 0 Å². The predicted molar refractivity (Wildman–Crippen MR) is 89.8 cm³/mol. The third-order valence-corrected chi connectivity index (χ3v) is 4.61. The second-order valence-corrected chi connectivity index (χ2v) is 6.83. The van der Waals surface area contributed by atoms with Crippen LogP contribution in [0, 0.1) is 13.8 Å². The van der Waals surface area contributed by atoms with Crippen molar-refractivity contribution in [3.05, 3.63) is 43.3 Å². The molecule has 0 saturated carbocycles. The largest absolute Gasteiger partial charge is 0.485 e. The highest BCUT2D eigenvalue weighted by Gasteiger charge is 2.12. The minimum atomic E-state index is 0.416.